The number of carbonyl (C=O) groups is 3. The summed E-state index contributed by atoms with van der Waals surface area (Å²) in [5, 5.41) is 8.98. The number of rotatable bonds is 7. The van der Waals surface area contributed by atoms with Gasteiger partial charge in [-0.05, 0) is 48.5 Å². The molecule has 0 atom stereocenters. The zero-order chi connectivity index (χ0) is 24.2. The SMILES string of the molecule is O=C(CN1C(=O)c2ccccc2C1=O)Nc1ccc(Nc2cc(Nc3ccccn3)ncn2)cc1. The Hall–Kier alpha value is -5.12. The molecule has 5 rings (SSSR count). The number of nitrogens with one attached hydrogen (secondary N) is 3. The van der Waals surface area contributed by atoms with Gasteiger partial charge in [-0.2, -0.15) is 0 Å². The molecule has 0 spiro atoms. The van der Waals surface area contributed by atoms with Crippen molar-refractivity contribution in [2.24, 2.45) is 0 Å². The first-order valence-electron chi connectivity index (χ1n) is 10.7. The van der Waals surface area contributed by atoms with E-state index in [1.54, 1.807) is 60.8 Å². The molecule has 10 heteroatoms. The Labute approximate surface area is 200 Å². The lowest BCUT2D eigenvalue weighted by atomic mass is 10.1. The van der Waals surface area contributed by atoms with Gasteiger partial charge in [0.1, 0.15) is 30.3 Å². The Bertz CT molecular complexity index is 1370. The van der Waals surface area contributed by atoms with E-state index in [0.29, 0.717) is 34.3 Å². The zero-order valence-electron chi connectivity index (χ0n) is 18.3. The van der Waals surface area contributed by atoms with Gasteiger partial charge in [0.05, 0.1) is 11.1 Å². The Morgan fingerprint density at radius 1 is 0.714 bits per heavy atom. The summed E-state index contributed by atoms with van der Waals surface area (Å²) < 4.78 is 0. The molecule has 3 N–H and O–H groups in total. The Balaban J connectivity index is 1.18. The van der Waals surface area contributed by atoms with E-state index in [-0.39, 0.29) is 6.54 Å². The fourth-order valence-corrected chi connectivity index (χ4v) is 3.57. The maximum Gasteiger partial charge on any atom is 0.262 e. The fraction of sp³-hybridized carbons (Fsp3) is 0.0400. The van der Waals surface area contributed by atoms with Crippen molar-refractivity contribution in [1.29, 1.82) is 0 Å². The molecular formula is C25H19N7O3. The first kappa shape index (κ1) is 21.7. The van der Waals surface area contributed by atoms with Crippen LogP contribution in [-0.4, -0.2) is 44.1 Å². The molecule has 35 heavy (non-hydrogen) atoms. The molecule has 172 valence electrons. The van der Waals surface area contributed by atoms with Gasteiger partial charge in [-0.15, -0.1) is 0 Å². The van der Waals surface area contributed by atoms with Gasteiger partial charge in [-0.25, -0.2) is 15.0 Å². The van der Waals surface area contributed by atoms with E-state index in [1.807, 2.05) is 18.2 Å². The predicted molar refractivity (Wildman–Crippen MR) is 130 cm³/mol. The van der Waals surface area contributed by atoms with Crippen molar-refractivity contribution in [3.8, 4) is 0 Å². The number of pyridine rings is 1. The van der Waals surface area contributed by atoms with E-state index in [2.05, 4.69) is 30.9 Å². The third-order valence-electron chi connectivity index (χ3n) is 5.21. The third-order valence-corrected chi connectivity index (χ3v) is 5.21. The fourth-order valence-electron chi connectivity index (χ4n) is 3.57. The van der Waals surface area contributed by atoms with Crippen LogP contribution in [0.4, 0.5) is 28.8 Å². The average Bonchev–Trinajstić information content (AvgIpc) is 3.11. The molecule has 3 heterocycles. The smallest absolute Gasteiger partial charge is 0.262 e. The van der Waals surface area contributed by atoms with Crippen molar-refractivity contribution in [1.82, 2.24) is 19.9 Å². The van der Waals surface area contributed by atoms with E-state index in [4.69, 9.17) is 0 Å². The van der Waals surface area contributed by atoms with Crippen molar-refractivity contribution in [2.75, 3.05) is 22.5 Å². The molecule has 0 radical (unpaired) electrons. The number of aromatic nitrogens is 3. The van der Waals surface area contributed by atoms with Crippen LogP contribution in [0.3, 0.4) is 0 Å². The molecule has 3 amide bonds. The zero-order valence-corrected chi connectivity index (χ0v) is 18.3. The third kappa shape index (κ3) is 4.81. The van der Waals surface area contributed by atoms with Crippen molar-refractivity contribution < 1.29 is 14.4 Å². The molecule has 4 aromatic rings. The monoisotopic (exact) mass is 465 g/mol. The molecule has 0 fully saturated rings. The highest BCUT2D eigenvalue weighted by Gasteiger charge is 2.36. The number of fused-ring (bicyclic) bond motifs is 1. The number of hydrogen-bond donors (Lipinski definition) is 3. The quantitative estimate of drug-likeness (QED) is 0.353. The second kappa shape index (κ2) is 9.40. The van der Waals surface area contributed by atoms with E-state index in [9.17, 15) is 14.4 Å². The number of amides is 3. The molecule has 0 saturated heterocycles. The van der Waals surface area contributed by atoms with Gasteiger partial charge in [0.2, 0.25) is 5.91 Å². The second-order valence-corrected chi connectivity index (χ2v) is 7.62. The lowest BCUT2D eigenvalue weighted by molar-refractivity contribution is -0.116. The number of benzene rings is 2. The summed E-state index contributed by atoms with van der Waals surface area (Å²) in [4.78, 5) is 50.9. The van der Waals surface area contributed by atoms with Crippen molar-refractivity contribution in [2.45, 2.75) is 0 Å². The Kier molecular flexibility index (Phi) is 5.83. The van der Waals surface area contributed by atoms with E-state index in [0.717, 1.165) is 10.6 Å². The number of anilines is 5. The van der Waals surface area contributed by atoms with Crippen LogP contribution < -0.4 is 16.0 Å². The van der Waals surface area contributed by atoms with Gasteiger partial charge in [0.25, 0.3) is 11.8 Å². The maximum absolute atomic E-state index is 12.5. The summed E-state index contributed by atoms with van der Waals surface area (Å²) in [5.41, 5.74) is 1.89. The topological polar surface area (TPSA) is 129 Å². The van der Waals surface area contributed by atoms with Crippen LogP contribution >= 0.6 is 0 Å². The van der Waals surface area contributed by atoms with Crippen LogP contribution in [0, 0.1) is 0 Å². The summed E-state index contributed by atoms with van der Waals surface area (Å²) in [6.07, 6.45) is 3.12. The summed E-state index contributed by atoms with van der Waals surface area (Å²) in [7, 11) is 0. The molecule has 10 nitrogen and oxygen atoms in total. The minimum absolute atomic E-state index is 0.309. The Morgan fingerprint density at radius 2 is 1.34 bits per heavy atom. The van der Waals surface area contributed by atoms with Crippen LogP contribution in [0.2, 0.25) is 0 Å². The summed E-state index contributed by atoms with van der Waals surface area (Å²) in [6, 6.07) is 20.7. The molecule has 2 aromatic carbocycles. The lowest BCUT2D eigenvalue weighted by Gasteiger charge is -2.14. The first-order chi connectivity index (χ1) is 17.1. The number of nitrogens with zero attached hydrogens (tertiary/aromatic N) is 4. The van der Waals surface area contributed by atoms with Gasteiger partial charge in [0.15, 0.2) is 0 Å². The molecule has 1 aliphatic rings. The van der Waals surface area contributed by atoms with Gasteiger partial charge in [-0.1, -0.05) is 18.2 Å². The average molecular weight is 465 g/mol. The molecule has 0 bridgehead atoms. The highest BCUT2D eigenvalue weighted by atomic mass is 16.2. The largest absolute Gasteiger partial charge is 0.340 e. The molecule has 0 aliphatic carbocycles. The standard InChI is InChI=1S/C25H19N7O3/c33-23(14-32-24(34)18-5-1-2-6-19(18)25(32)35)30-17-10-8-16(9-11-17)29-21-13-22(28-15-27-21)31-20-7-3-4-12-26-20/h1-13,15H,14H2,(H,30,33)(H2,26,27,28,29,31). The Morgan fingerprint density at radius 3 is 2.00 bits per heavy atom. The lowest BCUT2D eigenvalue weighted by Crippen LogP contribution is -2.37. The van der Waals surface area contributed by atoms with Gasteiger partial charge >= 0.3 is 0 Å². The van der Waals surface area contributed by atoms with Gasteiger partial charge < -0.3 is 16.0 Å². The minimum Gasteiger partial charge on any atom is -0.340 e. The summed E-state index contributed by atoms with van der Waals surface area (Å²) in [6.45, 7) is -0.362. The summed E-state index contributed by atoms with van der Waals surface area (Å²) >= 11 is 0. The molecular weight excluding hydrogens is 446 g/mol. The van der Waals surface area contributed by atoms with Gasteiger partial charge in [-0.3, -0.25) is 19.3 Å². The molecule has 1 aliphatic heterocycles. The molecule has 0 saturated carbocycles. The van der Waals surface area contributed by atoms with Crippen LogP contribution in [-0.2, 0) is 4.79 Å². The van der Waals surface area contributed by atoms with Crippen molar-refractivity contribution in [3.05, 3.63) is 96.4 Å². The molecule has 2 aromatic heterocycles. The van der Waals surface area contributed by atoms with Crippen LogP contribution in [0.5, 0.6) is 0 Å². The number of carbonyl (C=O) groups excluding carboxylic acids is 3. The predicted octanol–water partition coefficient (Wildman–Crippen LogP) is 3.59. The van der Waals surface area contributed by atoms with Crippen LogP contribution in [0.1, 0.15) is 20.7 Å². The number of hydrogen-bond acceptors (Lipinski definition) is 8. The van der Waals surface area contributed by atoms with E-state index >= 15 is 0 Å². The first-order valence-corrected chi connectivity index (χ1v) is 10.7. The van der Waals surface area contributed by atoms with Crippen molar-refractivity contribution in [3.63, 3.8) is 0 Å². The van der Waals surface area contributed by atoms with E-state index in [1.165, 1.54) is 6.33 Å². The van der Waals surface area contributed by atoms with Gasteiger partial charge in [0, 0.05) is 23.6 Å². The van der Waals surface area contributed by atoms with E-state index < -0.39 is 17.7 Å². The number of imide groups is 1. The van der Waals surface area contributed by atoms with Crippen LogP contribution in [0.15, 0.2) is 85.3 Å². The molecule has 0 unspecified atom stereocenters. The highest BCUT2D eigenvalue weighted by Crippen LogP contribution is 2.23. The minimum atomic E-state index is -0.471. The van der Waals surface area contributed by atoms with Crippen molar-refractivity contribution >= 4 is 46.5 Å². The normalized spacial score (nSPS) is 12.3. The maximum atomic E-state index is 12.5. The summed E-state index contributed by atoms with van der Waals surface area (Å²) in [5.74, 6) is 0.405. The highest BCUT2D eigenvalue weighted by molar-refractivity contribution is 6.22. The second-order valence-electron chi connectivity index (χ2n) is 7.62. The van der Waals surface area contributed by atoms with Crippen LogP contribution in [0.25, 0.3) is 0 Å².